The Morgan fingerprint density at radius 3 is 3.05 bits per heavy atom. The van der Waals surface area contributed by atoms with Crippen molar-refractivity contribution in [2.45, 2.75) is 5.92 Å². The normalized spacial score (nSPS) is 17.5. The van der Waals surface area contributed by atoms with Gasteiger partial charge in [-0.2, -0.15) is 0 Å². The van der Waals surface area contributed by atoms with Crippen molar-refractivity contribution in [1.29, 1.82) is 0 Å². The molecule has 2 rings (SSSR count). The SMILES string of the molecule is COCCNCCN(C)CC1COc2ccccc21. The number of hydrogen-bond donors (Lipinski definition) is 1. The monoisotopic (exact) mass is 264 g/mol. The minimum Gasteiger partial charge on any atom is -0.493 e. The number of nitrogens with zero attached hydrogens (tertiary/aromatic N) is 1. The number of likely N-dealkylation sites (N-methyl/N-ethyl adjacent to an activating group) is 1. The molecule has 4 heteroatoms. The minimum absolute atomic E-state index is 0.500. The second kappa shape index (κ2) is 7.48. The Labute approximate surface area is 115 Å². The van der Waals surface area contributed by atoms with Crippen LogP contribution in [0.4, 0.5) is 0 Å². The number of hydrogen-bond acceptors (Lipinski definition) is 4. The Kier molecular flexibility index (Phi) is 5.63. The highest BCUT2D eigenvalue weighted by Crippen LogP contribution is 2.33. The maximum Gasteiger partial charge on any atom is 0.122 e. The van der Waals surface area contributed by atoms with Crippen LogP contribution < -0.4 is 10.1 Å². The molecule has 106 valence electrons. The molecular formula is C15H24N2O2. The van der Waals surface area contributed by atoms with Crippen molar-refractivity contribution >= 4 is 0 Å². The van der Waals surface area contributed by atoms with E-state index in [1.165, 1.54) is 5.56 Å². The fourth-order valence-corrected chi connectivity index (χ4v) is 2.42. The van der Waals surface area contributed by atoms with Crippen LogP contribution in [-0.4, -0.2) is 58.5 Å². The van der Waals surface area contributed by atoms with Crippen LogP contribution >= 0.6 is 0 Å². The summed E-state index contributed by atoms with van der Waals surface area (Å²) < 4.78 is 10.7. The molecule has 4 nitrogen and oxygen atoms in total. The van der Waals surface area contributed by atoms with Crippen molar-refractivity contribution in [2.75, 3.05) is 53.6 Å². The van der Waals surface area contributed by atoms with Crippen LogP contribution in [0.3, 0.4) is 0 Å². The van der Waals surface area contributed by atoms with Crippen LogP contribution in [0.25, 0.3) is 0 Å². The van der Waals surface area contributed by atoms with Gasteiger partial charge in [-0.25, -0.2) is 0 Å². The smallest absolute Gasteiger partial charge is 0.122 e. The molecule has 1 aliphatic heterocycles. The van der Waals surface area contributed by atoms with E-state index in [0.29, 0.717) is 5.92 Å². The van der Waals surface area contributed by atoms with Gasteiger partial charge >= 0.3 is 0 Å². The predicted molar refractivity (Wildman–Crippen MR) is 76.9 cm³/mol. The van der Waals surface area contributed by atoms with Gasteiger partial charge in [0.15, 0.2) is 0 Å². The van der Waals surface area contributed by atoms with E-state index in [9.17, 15) is 0 Å². The molecule has 0 amide bonds. The fourth-order valence-electron chi connectivity index (χ4n) is 2.42. The van der Waals surface area contributed by atoms with Gasteiger partial charge in [-0.1, -0.05) is 18.2 Å². The first-order valence-electron chi connectivity index (χ1n) is 6.91. The fraction of sp³-hybridized carbons (Fsp3) is 0.600. The molecule has 0 bridgehead atoms. The third kappa shape index (κ3) is 4.20. The standard InChI is InChI=1S/C15H24N2O2/c1-17(9-7-16-8-10-18-2)11-13-12-19-15-6-4-3-5-14(13)15/h3-6,13,16H,7-12H2,1-2H3. The average Bonchev–Trinajstić information content (AvgIpc) is 2.82. The summed E-state index contributed by atoms with van der Waals surface area (Å²) in [4.78, 5) is 2.36. The summed E-state index contributed by atoms with van der Waals surface area (Å²) in [5, 5.41) is 3.36. The number of nitrogens with one attached hydrogen (secondary N) is 1. The summed E-state index contributed by atoms with van der Waals surface area (Å²) >= 11 is 0. The third-order valence-corrected chi connectivity index (χ3v) is 3.48. The molecule has 0 fully saturated rings. The van der Waals surface area contributed by atoms with E-state index in [1.807, 2.05) is 6.07 Å². The number of methoxy groups -OCH3 is 1. The molecule has 1 aliphatic rings. The van der Waals surface area contributed by atoms with Crippen molar-refractivity contribution < 1.29 is 9.47 Å². The highest BCUT2D eigenvalue weighted by Gasteiger charge is 2.24. The second-order valence-electron chi connectivity index (χ2n) is 5.05. The zero-order chi connectivity index (χ0) is 13.5. The van der Waals surface area contributed by atoms with Gasteiger partial charge in [0.25, 0.3) is 0 Å². The molecule has 1 N–H and O–H groups in total. The Bertz CT molecular complexity index is 384. The lowest BCUT2D eigenvalue weighted by atomic mass is 10.0. The molecule has 1 unspecified atom stereocenters. The van der Waals surface area contributed by atoms with E-state index in [-0.39, 0.29) is 0 Å². The van der Waals surface area contributed by atoms with Crippen LogP contribution in [0, 0.1) is 0 Å². The summed E-state index contributed by atoms with van der Waals surface area (Å²) in [6, 6.07) is 8.36. The highest BCUT2D eigenvalue weighted by atomic mass is 16.5. The quantitative estimate of drug-likeness (QED) is 0.718. The molecule has 0 saturated carbocycles. The van der Waals surface area contributed by atoms with Crippen LogP contribution in [0.1, 0.15) is 11.5 Å². The molecule has 1 atom stereocenters. The molecule has 1 aromatic rings. The maximum atomic E-state index is 5.71. The van der Waals surface area contributed by atoms with Gasteiger partial charge in [-0.05, 0) is 13.1 Å². The lowest BCUT2D eigenvalue weighted by molar-refractivity contribution is 0.197. The summed E-state index contributed by atoms with van der Waals surface area (Å²) in [5.41, 5.74) is 1.35. The van der Waals surface area contributed by atoms with Crippen LogP contribution in [-0.2, 0) is 4.74 Å². The van der Waals surface area contributed by atoms with Gasteiger partial charge in [-0.15, -0.1) is 0 Å². The third-order valence-electron chi connectivity index (χ3n) is 3.48. The summed E-state index contributed by atoms with van der Waals surface area (Å²) in [7, 11) is 3.89. The van der Waals surface area contributed by atoms with Crippen LogP contribution in [0.2, 0.25) is 0 Å². The first-order valence-corrected chi connectivity index (χ1v) is 6.91. The van der Waals surface area contributed by atoms with E-state index in [1.54, 1.807) is 7.11 Å². The second-order valence-corrected chi connectivity index (χ2v) is 5.05. The van der Waals surface area contributed by atoms with Gasteiger partial charge in [0.1, 0.15) is 5.75 Å². The summed E-state index contributed by atoms with van der Waals surface area (Å²) in [5.74, 6) is 1.55. The van der Waals surface area contributed by atoms with Crippen molar-refractivity contribution in [1.82, 2.24) is 10.2 Å². The number of para-hydroxylation sites is 1. The van der Waals surface area contributed by atoms with Gasteiger partial charge < -0.3 is 19.7 Å². The van der Waals surface area contributed by atoms with E-state index in [0.717, 1.165) is 45.1 Å². The summed E-state index contributed by atoms with van der Waals surface area (Å²) in [6.07, 6.45) is 0. The molecule has 0 spiro atoms. The topological polar surface area (TPSA) is 33.7 Å². The van der Waals surface area contributed by atoms with Crippen molar-refractivity contribution in [2.24, 2.45) is 0 Å². The maximum absolute atomic E-state index is 5.71. The molecule has 0 saturated heterocycles. The first-order chi connectivity index (χ1) is 9.31. The number of ether oxygens (including phenoxy) is 2. The largest absolute Gasteiger partial charge is 0.493 e. The van der Waals surface area contributed by atoms with E-state index in [4.69, 9.17) is 9.47 Å². The molecule has 1 heterocycles. The van der Waals surface area contributed by atoms with Crippen molar-refractivity contribution in [3.63, 3.8) is 0 Å². The van der Waals surface area contributed by atoms with Gasteiger partial charge in [0, 0.05) is 44.8 Å². The van der Waals surface area contributed by atoms with Crippen LogP contribution in [0.5, 0.6) is 5.75 Å². The Morgan fingerprint density at radius 1 is 1.37 bits per heavy atom. The van der Waals surface area contributed by atoms with Crippen molar-refractivity contribution in [3.05, 3.63) is 29.8 Å². The Morgan fingerprint density at radius 2 is 2.21 bits per heavy atom. The number of benzene rings is 1. The number of fused-ring (bicyclic) bond motifs is 1. The van der Waals surface area contributed by atoms with E-state index in [2.05, 4.69) is 35.5 Å². The van der Waals surface area contributed by atoms with Crippen LogP contribution in [0.15, 0.2) is 24.3 Å². The minimum atomic E-state index is 0.500. The Hall–Kier alpha value is -1.10. The molecule has 1 aromatic carbocycles. The lowest BCUT2D eigenvalue weighted by Crippen LogP contribution is -2.33. The predicted octanol–water partition coefficient (Wildman–Crippen LogP) is 1.33. The summed E-state index contributed by atoms with van der Waals surface area (Å²) in [6.45, 7) is 5.58. The highest BCUT2D eigenvalue weighted by molar-refractivity contribution is 5.39. The Balaban J connectivity index is 1.70. The lowest BCUT2D eigenvalue weighted by Gasteiger charge is -2.20. The van der Waals surface area contributed by atoms with Gasteiger partial charge in [0.05, 0.1) is 13.2 Å². The molecular weight excluding hydrogens is 240 g/mol. The van der Waals surface area contributed by atoms with Gasteiger partial charge in [-0.3, -0.25) is 0 Å². The first kappa shape index (κ1) is 14.3. The van der Waals surface area contributed by atoms with E-state index < -0.39 is 0 Å². The molecule has 19 heavy (non-hydrogen) atoms. The number of rotatable bonds is 8. The van der Waals surface area contributed by atoms with E-state index >= 15 is 0 Å². The zero-order valence-electron chi connectivity index (χ0n) is 11.9. The average molecular weight is 264 g/mol. The molecule has 0 aromatic heterocycles. The van der Waals surface area contributed by atoms with Crippen molar-refractivity contribution in [3.8, 4) is 5.75 Å². The molecule has 0 aliphatic carbocycles. The zero-order valence-corrected chi connectivity index (χ0v) is 11.9. The molecule has 0 radical (unpaired) electrons. The van der Waals surface area contributed by atoms with Gasteiger partial charge in [0.2, 0.25) is 0 Å².